The average Bonchev–Trinajstić information content (AvgIpc) is 2.90. The fraction of sp³-hybridized carbons (Fsp3) is 0.429. The predicted molar refractivity (Wildman–Crippen MR) is 81.3 cm³/mol. The van der Waals surface area contributed by atoms with Gasteiger partial charge in [-0.3, -0.25) is 9.89 Å². The van der Waals surface area contributed by atoms with E-state index in [0.717, 1.165) is 24.0 Å². The molecular weight excluding hydrogens is 276 g/mol. The van der Waals surface area contributed by atoms with Crippen LogP contribution >= 0.6 is 12.4 Å². The fourth-order valence-electron chi connectivity index (χ4n) is 2.56. The number of hydrogen-bond acceptors (Lipinski definition) is 3. The Kier molecular flexibility index (Phi) is 4.98. The molecule has 3 rings (SSSR count). The van der Waals surface area contributed by atoms with Gasteiger partial charge in [0.2, 0.25) is 0 Å². The number of carbonyl (C=O) groups is 1. The van der Waals surface area contributed by atoms with Gasteiger partial charge in [0.1, 0.15) is 0 Å². The number of H-pyrrole nitrogens is 1. The van der Waals surface area contributed by atoms with Crippen LogP contribution in [0.1, 0.15) is 23.3 Å². The molecule has 0 radical (unpaired) electrons. The number of nitrogens with zero attached hydrogens (tertiary/aromatic N) is 1. The third-order valence-electron chi connectivity index (χ3n) is 3.64. The molecule has 1 saturated heterocycles. The zero-order chi connectivity index (χ0) is 13.1. The Morgan fingerprint density at radius 2 is 2.25 bits per heavy atom. The lowest BCUT2D eigenvalue weighted by Crippen LogP contribution is -2.38. The monoisotopic (exact) mass is 294 g/mol. The van der Waals surface area contributed by atoms with Crippen molar-refractivity contribution in [2.24, 2.45) is 5.92 Å². The third-order valence-corrected chi connectivity index (χ3v) is 3.64. The molecule has 20 heavy (non-hydrogen) atoms. The van der Waals surface area contributed by atoms with Gasteiger partial charge < -0.3 is 10.6 Å². The Hall–Kier alpha value is -1.59. The number of benzene rings is 1. The maximum atomic E-state index is 12.1. The Labute approximate surface area is 123 Å². The molecule has 5 nitrogen and oxygen atoms in total. The number of halogens is 1. The third kappa shape index (κ3) is 3.11. The molecule has 1 atom stereocenters. The summed E-state index contributed by atoms with van der Waals surface area (Å²) in [6.07, 6.45) is 2.36. The van der Waals surface area contributed by atoms with Gasteiger partial charge in [-0.05, 0) is 37.9 Å². The van der Waals surface area contributed by atoms with Gasteiger partial charge in [-0.2, -0.15) is 5.10 Å². The van der Waals surface area contributed by atoms with Gasteiger partial charge >= 0.3 is 0 Å². The van der Waals surface area contributed by atoms with E-state index in [1.54, 1.807) is 0 Å². The van der Waals surface area contributed by atoms with Crippen LogP contribution in [0, 0.1) is 5.92 Å². The van der Waals surface area contributed by atoms with Gasteiger partial charge in [0.15, 0.2) is 5.69 Å². The number of fused-ring (bicyclic) bond motifs is 1. The van der Waals surface area contributed by atoms with Crippen molar-refractivity contribution >= 4 is 29.2 Å². The number of para-hydroxylation sites is 1. The highest BCUT2D eigenvalue weighted by Crippen LogP contribution is 2.15. The van der Waals surface area contributed by atoms with E-state index in [0.29, 0.717) is 18.2 Å². The summed E-state index contributed by atoms with van der Waals surface area (Å²) >= 11 is 0. The lowest BCUT2D eigenvalue weighted by Gasteiger charge is -2.22. The van der Waals surface area contributed by atoms with Crippen LogP contribution in [0.3, 0.4) is 0 Å². The van der Waals surface area contributed by atoms with Crippen molar-refractivity contribution < 1.29 is 4.79 Å². The lowest BCUT2D eigenvalue weighted by molar-refractivity contribution is 0.0941. The largest absolute Gasteiger partial charge is 0.350 e. The van der Waals surface area contributed by atoms with Crippen LogP contribution in [0.2, 0.25) is 0 Å². The summed E-state index contributed by atoms with van der Waals surface area (Å²) in [6, 6.07) is 7.68. The Bertz CT molecular complexity index is 577. The summed E-state index contributed by atoms with van der Waals surface area (Å²) in [4.78, 5) is 12.1. The van der Waals surface area contributed by atoms with Crippen molar-refractivity contribution in [1.29, 1.82) is 0 Å². The van der Waals surface area contributed by atoms with Gasteiger partial charge in [-0.25, -0.2) is 0 Å². The topological polar surface area (TPSA) is 69.8 Å². The van der Waals surface area contributed by atoms with Crippen molar-refractivity contribution in [3.05, 3.63) is 30.0 Å². The van der Waals surface area contributed by atoms with Gasteiger partial charge in [-0.15, -0.1) is 12.4 Å². The molecule has 1 aromatic carbocycles. The molecule has 108 valence electrons. The molecule has 1 aliphatic rings. The number of carbonyl (C=O) groups excluding carboxylic acids is 1. The highest BCUT2D eigenvalue weighted by molar-refractivity contribution is 6.04. The molecule has 6 heteroatoms. The fourth-order valence-corrected chi connectivity index (χ4v) is 2.56. The second-order valence-electron chi connectivity index (χ2n) is 5.04. The number of hydrogen-bond donors (Lipinski definition) is 3. The smallest absolute Gasteiger partial charge is 0.272 e. The molecule has 0 bridgehead atoms. The van der Waals surface area contributed by atoms with Gasteiger partial charge in [0.25, 0.3) is 5.91 Å². The van der Waals surface area contributed by atoms with E-state index in [-0.39, 0.29) is 18.3 Å². The van der Waals surface area contributed by atoms with E-state index in [1.165, 1.54) is 12.8 Å². The van der Waals surface area contributed by atoms with Crippen molar-refractivity contribution in [2.75, 3.05) is 19.6 Å². The molecule has 1 fully saturated rings. The van der Waals surface area contributed by atoms with Crippen LogP contribution in [-0.4, -0.2) is 35.7 Å². The maximum Gasteiger partial charge on any atom is 0.272 e. The maximum absolute atomic E-state index is 12.1. The lowest BCUT2D eigenvalue weighted by atomic mass is 10.00. The van der Waals surface area contributed by atoms with E-state index in [1.807, 2.05) is 24.3 Å². The number of piperidine rings is 1. The van der Waals surface area contributed by atoms with E-state index < -0.39 is 0 Å². The first-order valence-corrected chi connectivity index (χ1v) is 6.76. The normalized spacial score (nSPS) is 18.5. The van der Waals surface area contributed by atoms with E-state index in [9.17, 15) is 4.79 Å². The van der Waals surface area contributed by atoms with Crippen molar-refractivity contribution in [2.45, 2.75) is 12.8 Å². The molecule has 0 spiro atoms. The first-order valence-electron chi connectivity index (χ1n) is 6.76. The molecule has 1 amide bonds. The minimum absolute atomic E-state index is 0. The molecular formula is C14H19ClN4O. The van der Waals surface area contributed by atoms with Crippen LogP contribution in [0.4, 0.5) is 0 Å². The van der Waals surface area contributed by atoms with Crippen LogP contribution in [0.25, 0.3) is 10.9 Å². The number of amides is 1. The molecule has 1 aliphatic heterocycles. The zero-order valence-electron chi connectivity index (χ0n) is 11.2. The number of rotatable bonds is 3. The highest BCUT2D eigenvalue weighted by atomic mass is 35.5. The highest BCUT2D eigenvalue weighted by Gasteiger charge is 2.17. The van der Waals surface area contributed by atoms with Crippen LogP contribution in [0.5, 0.6) is 0 Å². The molecule has 0 saturated carbocycles. The molecule has 1 aromatic heterocycles. The van der Waals surface area contributed by atoms with E-state index >= 15 is 0 Å². The minimum Gasteiger partial charge on any atom is -0.350 e. The summed E-state index contributed by atoms with van der Waals surface area (Å²) in [7, 11) is 0. The Morgan fingerprint density at radius 1 is 1.40 bits per heavy atom. The van der Waals surface area contributed by atoms with Gasteiger partial charge in [0, 0.05) is 11.9 Å². The first-order chi connectivity index (χ1) is 9.34. The van der Waals surface area contributed by atoms with Gasteiger partial charge in [0.05, 0.1) is 5.52 Å². The van der Waals surface area contributed by atoms with Crippen molar-refractivity contribution in [3.63, 3.8) is 0 Å². The van der Waals surface area contributed by atoms with Crippen LogP contribution < -0.4 is 10.6 Å². The van der Waals surface area contributed by atoms with Crippen molar-refractivity contribution in [3.8, 4) is 0 Å². The summed E-state index contributed by atoms with van der Waals surface area (Å²) in [5.41, 5.74) is 1.38. The van der Waals surface area contributed by atoms with Crippen molar-refractivity contribution in [1.82, 2.24) is 20.8 Å². The molecule has 2 aromatic rings. The second-order valence-corrected chi connectivity index (χ2v) is 5.04. The van der Waals surface area contributed by atoms with Crippen LogP contribution in [-0.2, 0) is 0 Å². The summed E-state index contributed by atoms with van der Waals surface area (Å²) in [6.45, 7) is 2.79. The standard InChI is InChI=1S/C14H18N4O.ClH/c19-14(16-9-10-4-3-7-15-8-10)13-11-5-1-2-6-12(11)17-18-13;/h1-2,5-6,10,15H,3-4,7-9H2,(H,16,19)(H,17,18);1H. The predicted octanol–water partition coefficient (Wildman–Crippen LogP) is 1.71. The molecule has 3 N–H and O–H groups in total. The molecule has 1 unspecified atom stereocenters. The number of nitrogens with one attached hydrogen (secondary N) is 3. The van der Waals surface area contributed by atoms with Gasteiger partial charge in [-0.1, -0.05) is 18.2 Å². The molecule has 0 aliphatic carbocycles. The Morgan fingerprint density at radius 3 is 3.05 bits per heavy atom. The molecule has 2 heterocycles. The number of aromatic amines is 1. The summed E-state index contributed by atoms with van der Waals surface area (Å²) < 4.78 is 0. The second kappa shape index (κ2) is 6.72. The van der Waals surface area contributed by atoms with Crippen LogP contribution in [0.15, 0.2) is 24.3 Å². The average molecular weight is 295 g/mol. The number of aromatic nitrogens is 2. The summed E-state index contributed by atoms with van der Waals surface area (Å²) in [5, 5.41) is 14.2. The Balaban J connectivity index is 0.00000147. The quantitative estimate of drug-likeness (QED) is 0.807. The van der Waals surface area contributed by atoms with E-state index in [2.05, 4.69) is 20.8 Å². The minimum atomic E-state index is -0.0944. The first kappa shape index (κ1) is 14.8. The SMILES string of the molecule is Cl.O=C(NCC1CCCNC1)c1n[nH]c2ccccc12. The van der Waals surface area contributed by atoms with E-state index in [4.69, 9.17) is 0 Å². The zero-order valence-corrected chi connectivity index (χ0v) is 12.0. The summed E-state index contributed by atoms with van der Waals surface area (Å²) in [5.74, 6) is 0.436.